The highest BCUT2D eigenvalue weighted by atomic mass is 16.5. The SMILES string of the molecule is COc1cccc(CN(Cc2ccc(N3CCOCC3)cc2)c2ccc(CN3CCOCC3)cn2)c1. The summed E-state index contributed by atoms with van der Waals surface area (Å²) in [5, 5.41) is 0. The molecule has 3 heterocycles. The largest absolute Gasteiger partial charge is 0.497 e. The molecule has 7 heteroatoms. The lowest BCUT2D eigenvalue weighted by atomic mass is 10.1. The van der Waals surface area contributed by atoms with Crippen molar-refractivity contribution in [2.75, 3.05) is 69.5 Å². The quantitative estimate of drug-likeness (QED) is 0.452. The molecule has 2 aliphatic rings. The zero-order valence-corrected chi connectivity index (χ0v) is 21.1. The van der Waals surface area contributed by atoms with Crippen LogP contribution >= 0.6 is 0 Å². The predicted molar refractivity (Wildman–Crippen MR) is 143 cm³/mol. The van der Waals surface area contributed by atoms with Gasteiger partial charge in [-0.1, -0.05) is 30.3 Å². The van der Waals surface area contributed by atoms with Gasteiger partial charge in [0, 0.05) is 57.7 Å². The van der Waals surface area contributed by atoms with Gasteiger partial charge in [-0.2, -0.15) is 0 Å². The fourth-order valence-electron chi connectivity index (χ4n) is 4.78. The van der Waals surface area contributed by atoms with Crippen LogP contribution in [0.4, 0.5) is 11.5 Å². The molecule has 0 atom stereocenters. The number of anilines is 2. The van der Waals surface area contributed by atoms with Crippen molar-refractivity contribution < 1.29 is 14.2 Å². The molecule has 2 aliphatic heterocycles. The van der Waals surface area contributed by atoms with E-state index in [0.29, 0.717) is 0 Å². The van der Waals surface area contributed by atoms with Crippen LogP contribution in [0, 0.1) is 0 Å². The maximum atomic E-state index is 5.50. The van der Waals surface area contributed by atoms with Gasteiger partial charge in [-0.3, -0.25) is 4.90 Å². The number of nitrogens with zero attached hydrogens (tertiary/aromatic N) is 4. The Labute approximate surface area is 214 Å². The van der Waals surface area contributed by atoms with E-state index >= 15 is 0 Å². The summed E-state index contributed by atoms with van der Waals surface area (Å²) in [6, 6.07) is 21.5. The van der Waals surface area contributed by atoms with E-state index in [1.54, 1.807) is 7.11 Å². The first-order valence-electron chi connectivity index (χ1n) is 12.8. The number of hydrogen-bond acceptors (Lipinski definition) is 7. The maximum Gasteiger partial charge on any atom is 0.129 e. The second-order valence-corrected chi connectivity index (χ2v) is 9.39. The van der Waals surface area contributed by atoms with E-state index in [9.17, 15) is 0 Å². The number of aromatic nitrogens is 1. The van der Waals surface area contributed by atoms with Gasteiger partial charge in [0.2, 0.25) is 0 Å². The number of methoxy groups -OCH3 is 1. The van der Waals surface area contributed by atoms with Gasteiger partial charge in [0.1, 0.15) is 11.6 Å². The Morgan fingerprint density at radius 3 is 2.19 bits per heavy atom. The minimum absolute atomic E-state index is 0.748. The molecule has 2 saturated heterocycles. The van der Waals surface area contributed by atoms with Crippen molar-refractivity contribution in [3.05, 3.63) is 83.6 Å². The third kappa shape index (κ3) is 6.55. The molecule has 1 aromatic heterocycles. The summed E-state index contributed by atoms with van der Waals surface area (Å²) in [4.78, 5) is 12.0. The average molecular weight is 489 g/mol. The Morgan fingerprint density at radius 2 is 1.50 bits per heavy atom. The first-order chi connectivity index (χ1) is 17.8. The van der Waals surface area contributed by atoms with Gasteiger partial charge in [-0.15, -0.1) is 0 Å². The Hall–Kier alpha value is -3.13. The molecule has 36 heavy (non-hydrogen) atoms. The molecule has 0 amide bonds. The summed E-state index contributed by atoms with van der Waals surface area (Å²) < 4.78 is 16.4. The highest BCUT2D eigenvalue weighted by Gasteiger charge is 2.15. The van der Waals surface area contributed by atoms with Gasteiger partial charge >= 0.3 is 0 Å². The molecule has 5 rings (SSSR count). The zero-order valence-electron chi connectivity index (χ0n) is 21.1. The first kappa shape index (κ1) is 24.6. The van der Waals surface area contributed by atoms with Crippen LogP contribution in [0.15, 0.2) is 66.9 Å². The van der Waals surface area contributed by atoms with E-state index in [4.69, 9.17) is 19.2 Å². The molecule has 0 spiro atoms. The molecule has 2 fully saturated rings. The monoisotopic (exact) mass is 488 g/mol. The number of morpholine rings is 2. The Morgan fingerprint density at radius 1 is 0.806 bits per heavy atom. The van der Waals surface area contributed by atoms with Crippen LogP contribution in [0.5, 0.6) is 5.75 Å². The van der Waals surface area contributed by atoms with Gasteiger partial charge in [0.15, 0.2) is 0 Å². The lowest BCUT2D eigenvalue weighted by Crippen LogP contribution is -2.36. The fourth-order valence-corrected chi connectivity index (χ4v) is 4.78. The molecule has 0 aliphatic carbocycles. The van der Waals surface area contributed by atoms with E-state index in [0.717, 1.165) is 83.8 Å². The number of ether oxygens (including phenoxy) is 3. The lowest BCUT2D eigenvalue weighted by molar-refractivity contribution is 0.0341. The van der Waals surface area contributed by atoms with Crippen LogP contribution in [0.3, 0.4) is 0 Å². The standard InChI is InChI=1S/C29H36N4O3/c1-34-28-4-2-3-25(19-28)23-33(22-24-5-8-27(9-6-24)32-13-17-36-18-14-32)29-10-7-26(20-30-29)21-31-11-15-35-16-12-31/h2-10,19-20H,11-18,21-23H2,1H3. The van der Waals surface area contributed by atoms with Gasteiger partial charge in [-0.25, -0.2) is 4.98 Å². The summed E-state index contributed by atoms with van der Waals surface area (Å²) in [5.41, 5.74) is 4.94. The third-order valence-electron chi connectivity index (χ3n) is 6.84. The van der Waals surface area contributed by atoms with Crippen LogP contribution in [0.25, 0.3) is 0 Å². The number of pyridine rings is 1. The van der Waals surface area contributed by atoms with Crippen LogP contribution in [-0.4, -0.2) is 69.6 Å². The van der Waals surface area contributed by atoms with Crippen molar-refractivity contribution in [2.45, 2.75) is 19.6 Å². The van der Waals surface area contributed by atoms with Crippen molar-refractivity contribution in [3.63, 3.8) is 0 Å². The fraction of sp³-hybridized carbons (Fsp3) is 0.414. The van der Waals surface area contributed by atoms with Crippen LogP contribution in [0.2, 0.25) is 0 Å². The highest BCUT2D eigenvalue weighted by Crippen LogP contribution is 2.23. The highest BCUT2D eigenvalue weighted by molar-refractivity contribution is 5.49. The lowest BCUT2D eigenvalue weighted by Gasteiger charge is -2.29. The summed E-state index contributed by atoms with van der Waals surface area (Å²) in [6.07, 6.45) is 2.02. The molecule has 0 bridgehead atoms. The third-order valence-corrected chi connectivity index (χ3v) is 6.84. The Kier molecular flexibility index (Phi) is 8.33. The maximum absolute atomic E-state index is 5.50. The first-order valence-corrected chi connectivity index (χ1v) is 12.8. The van der Waals surface area contributed by atoms with Crippen molar-refractivity contribution >= 4 is 11.5 Å². The summed E-state index contributed by atoms with van der Waals surface area (Å²) in [6.45, 7) is 9.49. The van der Waals surface area contributed by atoms with Gasteiger partial charge in [0.05, 0.1) is 33.5 Å². The van der Waals surface area contributed by atoms with Gasteiger partial charge in [0.25, 0.3) is 0 Å². The minimum atomic E-state index is 0.748. The molecular formula is C29H36N4O3. The molecule has 0 radical (unpaired) electrons. The van der Waals surface area contributed by atoms with E-state index in [1.807, 2.05) is 18.3 Å². The topological polar surface area (TPSA) is 50.3 Å². The van der Waals surface area contributed by atoms with Crippen LogP contribution in [0.1, 0.15) is 16.7 Å². The number of rotatable bonds is 9. The molecule has 0 N–H and O–H groups in total. The summed E-state index contributed by atoms with van der Waals surface area (Å²) >= 11 is 0. The summed E-state index contributed by atoms with van der Waals surface area (Å²) in [5.74, 6) is 1.84. The molecule has 2 aromatic carbocycles. The van der Waals surface area contributed by atoms with Crippen molar-refractivity contribution in [3.8, 4) is 5.75 Å². The van der Waals surface area contributed by atoms with E-state index < -0.39 is 0 Å². The molecule has 190 valence electrons. The van der Waals surface area contributed by atoms with Crippen LogP contribution in [-0.2, 0) is 29.1 Å². The molecule has 3 aromatic rings. The minimum Gasteiger partial charge on any atom is -0.497 e. The van der Waals surface area contributed by atoms with Crippen LogP contribution < -0.4 is 14.5 Å². The second kappa shape index (κ2) is 12.2. The van der Waals surface area contributed by atoms with E-state index in [2.05, 4.69) is 63.2 Å². The Bertz CT molecular complexity index is 1080. The van der Waals surface area contributed by atoms with Gasteiger partial charge in [-0.05, 0) is 47.0 Å². The molecule has 0 unspecified atom stereocenters. The smallest absolute Gasteiger partial charge is 0.129 e. The molecule has 7 nitrogen and oxygen atoms in total. The molecular weight excluding hydrogens is 452 g/mol. The predicted octanol–water partition coefficient (Wildman–Crippen LogP) is 3.97. The van der Waals surface area contributed by atoms with Crippen molar-refractivity contribution in [1.29, 1.82) is 0 Å². The van der Waals surface area contributed by atoms with Crippen molar-refractivity contribution in [2.24, 2.45) is 0 Å². The molecule has 0 saturated carbocycles. The van der Waals surface area contributed by atoms with Gasteiger partial charge < -0.3 is 24.0 Å². The normalized spacial score (nSPS) is 16.6. The zero-order chi connectivity index (χ0) is 24.6. The Balaban J connectivity index is 1.32. The van der Waals surface area contributed by atoms with E-state index in [-0.39, 0.29) is 0 Å². The van der Waals surface area contributed by atoms with E-state index in [1.165, 1.54) is 22.4 Å². The average Bonchev–Trinajstić information content (AvgIpc) is 2.95. The number of hydrogen-bond donors (Lipinski definition) is 0. The summed E-state index contributed by atoms with van der Waals surface area (Å²) in [7, 11) is 1.71. The second-order valence-electron chi connectivity index (χ2n) is 9.39. The van der Waals surface area contributed by atoms with Crippen molar-refractivity contribution in [1.82, 2.24) is 9.88 Å². The number of benzene rings is 2.